The molecule has 1 unspecified atom stereocenters. The third-order valence-corrected chi connectivity index (χ3v) is 13.4. The molecule has 8 amide bonds. The molecule has 1 aliphatic heterocycles. The first-order valence-corrected chi connectivity index (χ1v) is 24.5. The molecule has 8 N–H and O–H groups in total. The van der Waals surface area contributed by atoms with E-state index in [9.17, 15) is 33.6 Å². The predicted octanol–water partition coefficient (Wildman–Crippen LogP) is 2.63. The van der Waals surface area contributed by atoms with E-state index in [1.807, 2.05) is 77.0 Å². The van der Waals surface area contributed by atoms with Crippen molar-refractivity contribution in [2.45, 2.75) is 129 Å². The summed E-state index contributed by atoms with van der Waals surface area (Å²) in [5, 5.41) is 17.1. The number of carbonyl (C=O) groups is 7. The number of anilines is 1. The van der Waals surface area contributed by atoms with Crippen molar-refractivity contribution in [1.82, 2.24) is 41.3 Å². The second-order valence-electron chi connectivity index (χ2n) is 18.9. The van der Waals surface area contributed by atoms with E-state index in [1.54, 1.807) is 55.1 Å². The van der Waals surface area contributed by atoms with Crippen LogP contribution < -0.4 is 37.6 Å². The molecule has 3 rings (SSSR count). The quantitative estimate of drug-likeness (QED) is 0.0585. The van der Waals surface area contributed by atoms with Crippen LogP contribution in [-0.2, 0) is 51.2 Å². The molecule has 390 valence electrons. The SMILES string of the molecule is CC[C@H](C)[C@@H]([C@@H](CC(=O)N1CCC[C@H]1[C@H](OC)[C@@H](C)C(=O)N[C@@H](Cc1ccccc1)C(=O)NCc1ccc(NC(=O)[C@H](CCCNC(N)=O)NC)cc1)OC)N(C)C(=O)CNC(=O)C(C(C)C)N(C)C. The largest absolute Gasteiger partial charge is 0.379 e. The summed E-state index contributed by atoms with van der Waals surface area (Å²) < 4.78 is 12.0. The normalized spacial score (nSPS) is 17.0. The number of nitrogens with zero attached hydrogens (tertiary/aromatic N) is 3. The first kappa shape index (κ1) is 58.7. The fraction of sp³-hybridized carbons (Fsp3) is 0.627. The minimum absolute atomic E-state index is 0.0224. The number of likely N-dealkylation sites (tertiary alicyclic amines) is 1. The van der Waals surface area contributed by atoms with E-state index in [-0.39, 0.29) is 61.4 Å². The molecule has 1 heterocycles. The third-order valence-electron chi connectivity index (χ3n) is 13.4. The van der Waals surface area contributed by atoms with Gasteiger partial charge in [-0.1, -0.05) is 83.5 Å². The lowest BCUT2D eigenvalue weighted by atomic mass is 9.90. The zero-order valence-electron chi connectivity index (χ0n) is 43.3. The van der Waals surface area contributed by atoms with Crippen LogP contribution in [0.4, 0.5) is 10.5 Å². The molecule has 9 atom stereocenters. The summed E-state index contributed by atoms with van der Waals surface area (Å²) in [6.45, 7) is 10.4. The summed E-state index contributed by atoms with van der Waals surface area (Å²) in [6.07, 6.45) is 1.87. The minimum Gasteiger partial charge on any atom is -0.379 e. The number of likely N-dealkylation sites (N-methyl/N-ethyl adjacent to an activating group) is 3. The van der Waals surface area contributed by atoms with Gasteiger partial charge in [0.1, 0.15) is 6.04 Å². The van der Waals surface area contributed by atoms with Crippen LogP contribution >= 0.6 is 0 Å². The molecule has 1 fully saturated rings. The predicted molar refractivity (Wildman–Crippen MR) is 270 cm³/mol. The highest BCUT2D eigenvalue weighted by molar-refractivity contribution is 5.95. The van der Waals surface area contributed by atoms with Gasteiger partial charge in [-0.25, -0.2) is 4.79 Å². The summed E-state index contributed by atoms with van der Waals surface area (Å²) in [7, 11) is 10.1. The summed E-state index contributed by atoms with van der Waals surface area (Å²) in [5.41, 5.74) is 7.31. The summed E-state index contributed by atoms with van der Waals surface area (Å²) in [4.78, 5) is 98.1. The fourth-order valence-corrected chi connectivity index (χ4v) is 9.39. The fourth-order valence-electron chi connectivity index (χ4n) is 9.39. The number of benzene rings is 2. The van der Waals surface area contributed by atoms with Gasteiger partial charge in [-0.05, 0) is 81.9 Å². The van der Waals surface area contributed by atoms with Gasteiger partial charge in [0, 0.05) is 53.0 Å². The Kier molecular flexibility index (Phi) is 24.8. The maximum atomic E-state index is 14.3. The molecule has 0 aromatic heterocycles. The van der Waals surface area contributed by atoms with Gasteiger partial charge in [0.2, 0.25) is 35.4 Å². The molecule has 0 bridgehead atoms. The number of amides is 8. The molecule has 19 nitrogen and oxygen atoms in total. The topological polar surface area (TPSA) is 246 Å². The molecule has 2 aromatic carbocycles. The number of rotatable bonds is 29. The van der Waals surface area contributed by atoms with Crippen LogP contribution in [0.2, 0.25) is 0 Å². The van der Waals surface area contributed by atoms with Crippen molar-refractivity contribution in [2.75, 3.05) is 67.4 Å². The maximum Gasteiger partial charge on any atom is 0.312 e. The third kappa shape index (κ3) is 17.6. The number of nitrogens with two attached hydrogens (primary N) is 1. The molecule has 0 spiro atoms. The van der Waals surface area contributed by atoms with Gasteiger partial charge in [0.15, 0.2) is 0 Å². The summed E-state index contributed by atoms with van der Waals surface area (Å²) >= 11 is 0. The van der Waals surface area contributed by atoms with Crippen LogP contribution in [-0.4, -0.2) is 161 Å². The van der Waals surface area contributed by atoms with Crippen LogP contribution in [0.3, 0.4) is 0 Å². The lowest BCUT2D eigenvalue weighted by Crippen LogP contribution is -2.55. The molecular formula is C51H82N10O9. The molecular weight excluding hydrogens is 897 g/mol. The summed E-state index contributed by atoms with van der Waals surface area (Å²) in [5.74, 6) is -2.53. The van der Waals surface area contributed by atoms with E-state index in [1.165, 1.54) is 14.2 Å². The second-order valence-corrected chi connectivity index (χ2v) is 18.9. The molecule has 1 aliphatic rings. The van der Waals surface area contributed by atoms with Crippen LogP contribution in [0.25, 0.3) is 0 Å². The van der Waals surface area contributed by atoms with Gasteiger partial charge in [-0.3, -0.25) is 33.7 Å². The molecule has 1 saturated heterocycles. The Morgan fingerprint density at radius 1 is 0.814 bits per heavy atom. The van der Waals surface area contributed by atoms with Gasteiger partial charge in [0.05, 0.1) is 55.3 Å². The van der Waals surface area contributed by atoms with E-state index in [0.717, 1.165) is 11.1 Å². The zero-order chi connectivity index (χ0) is 52.1. The van der Waals surface area contributed by atoms with Crippen LogP contribution in [0.1, 0.15) is 84.3 Å². The molecule has 2 aromatic rings. The Morgan fingerprint density at radius 2 is 1.49 bits per heavy atom. The monoisotopic (exact) mass is 979 g/mol. The Labute approximate surface area is 415 Å². The van der Waals surface area contributed by atoms with E-state index in [2.05, 4.69) is 31.9 Å². The number of hydrogen-bond donors (Lipinski definition) is 7. The van der Waals surface area contributed by atoms with E-state index < -0.39 is 66.2 Å². The first-order chi connectivity index (χ1) is 33.3. The Balaban J connectivity index is 1.70. The minimum atomic E-state index is -0.941. The van der Waals surface area contributed by atoms with Gasteiger partial charge >= 0.3 is 6.03 Å². The molecule has 70 heavy (non-hydrogen) atoms. The highest BCUT2D eigenvalue weighted by atomic mass is 16.5. The van der Waals surface area contributed by atoms with Crippen molar-refractivity contribution in [3.8, 4) is 0 Å². The lowest BCUT2D eigenvalue weighted by Gasteiger charge is -2.39. The number of urea groups is 1. The van der Waals surface area contributed by atoms with Crippen LogP contribution in [0, 0.1) is 17.8 Å². The molecule has 0 aliphatic carbocycles. The average Bonchev–Trinajstić information content (AvgIpc) is 3.82. The van der Waals surface area contributed by atoms with Crippen molar-refractivity contribution in [3.05, 3.63) is 65.7 Å². The van der Waals surface area contributed by atoms with Gasteiger partial charge < -0.3 is 56.9 Å². The van der Waals surface area contributed by atoms with Gasteiger partial charge in [0.25, 0.3) is 0 Å². The van der Waals surface area contributed by atoms with Crippen LogP contribution in [0.15, 0.2) is 54.6 Å². The van der Waals surface area contributed by atoms with Crippen LogP contribution in [0.5, 0.6) is 0 Å². The number of methoxy groups -OCH3 is 2. The van der Waals surface area contributed by atoms with Crippen molar-refractivity contribution < 1.29 is 43.0 Å². The highest BCUT2D eigenvalue weighted by Crippen LogP contribution is 2.29. The number of primary amides is 1. The average molecular weight is 979 g/mol. The van der Waals surface area contributed by atoms with Gasteiger partial charge in [-0.2, -0.15) is 0 Å². The van der Waals surface area contributed by atoms with E-state index in [4.69, 9.17) is 15.2 Å². The van der Waals surface area contributed by atoms with Crippen molar-refractivity contribution in [2.24, 2.45) is 23.5 Å². The standard InChI is InChI=1S/C51H82N10O9/c1-12-33(4)45(60(9)43(63)31-56-50(67)44(32(2)3)59(7)8)41(69-10)29-42(62)61-27-17-21-40(61)46(70-11)34(5)47(64)58-39(28-35-18-14-13-15-19-35)48(65)55-30-36-22-24-37(25-23-36)57-49(66)38(53-6)20-16-26-54-51(52)68/h13-15,18-19,22-25,32-34,38-41,44-46,53H,12,16-17,20-21,26-31H2,1-11H3,(H,55,65)(H,56,67)(H,57,66)(H,58,64)(H3,52,54,68)/t33-,34+,38-,39-,40-,41+,44?,45-,46+/m0/s1. The molecule has 0 saturated carbocycles. The van der Waals surface area contributed by atoms with Crippen molar-refractivity contribution >= 4 is 47.2 Å². The van der Waals surface area contributed by atoms with Gasteiger partial charge in [-0.15, -0.1) is 0 Å². The number of nitrogens with one attached hydrogen (secondary N) is 6. The lowest BCUT2D eigenvalue weighted by molar-refractivity contribution is -0.146. The van der Waals surface area contributed by atoms with E-state index in [0.29, 0.717) is 50.9 Å². The number of ether oxygens (including phenoxy) is 2. The first-order valence-electron chi connectivity index (χ1n) is 24.5. The van der Waals surface area contributed by atoms with Crippen molar-refractivity contribution in [1.29, 1.82) is 0 Å². The van der Waals surface area contributed by atoms with Crippen molar-refractivity contribution in [3.63, 3.8) is 0 Å². The number of carbonyl (C=O) groups excluding carboxylic acids is 7. The Bertz CT molecular complexity index is 1980. The zero-order valence-corrected chi connectivity index (χ0v) is 43.3. The maximum absolute atomic E-state index is 14.3. The Morgan fingerprint density at radius 3 is 2.06 bits per heavy atom. The second kappa shape index (κ2) is 29.5. The smallest absolute Gasteiger partial charge is 0.312 e. The Hall–Kier alpha value is -5.63. The highest BCUT2D eigenvalue weighted by Gasteiger charge is 2.42. The molecule has 19 heteroatoms. The summed E-state index contributed by atoms with van der Waals surface area (Å²) in [6, 6.07) is 13.1. The number of hydrogen-bond acceptors (Lipinski definition) is 11. The van der Waals surface area contributed by atoms with E-state index >= 15 is 0 Å². The molecule has 0 radical (unpaired) electrons.